The number of carbonyl (C=O) groups excluding carboxylic acids is 2. The van der Waals surface area contributed by atoms with E-state index in [4.69, 9.17) is 28.4 Å². The topological polar surface area (TPSA) is 231 Å². The summed E-state index contributed by atoms with van der Waals surface area (Å²) < 4.78 is 33.6. The molecule has 0 aliphatic carbocycles. The molecule has 15 heteroatoms. The van der Waals surface area contributed by atoms with E-state index in [0.29, 0.717) is 12.8 Å². The smallest absolute Gasteiger partial charge is 0.306 e. The lowest BCUT2D eigenvalue weighted by molar-refractivity contribution is -0.332. The van der Waals surface area contributed by atoms with Gasteiger partial charge in [0.2, 0.25) is 0 Å². The van der Waals surface area contributed by atoms with Crippen molar-refractivity contribution in [3.05, 3.63) is 0 Å². The van der Waals surface area contributed by atoms with Crippen molar-refractivity contribution in [2.45, 2.75) is 287 Å². The summed E-state index contributed by atoms with van der Waals surface area (Å²) >= 11 is 0. The van der Waals surface area contributed by atoms with Crippen molar-refractivity contribution in [3.8, 4) is 0 Å². The second-order valence-corrected chi connectivity index (χ2v) is 19.1. The van der Waals surface area contributed by atoms with E-state index >= 15 is 0 Å². The Balaban J connectivity index is 1.79. The minimum absolute atomic E-state index is 0.173. The van der Waals surface area contributed by atoms with Gasteiger partial charge in [0.1, 0.15) is 55.4 Å². The molecule has 15 nitrogen and oxygen atoms in total. The van der Waals surface area contributed by atoms with Gasteiger partial charge in [-0.2, -0.15) is 0 Å². The van der Waals surface area contributed by atoms with Crippen molar-refractivity contribution < 1.29 is 73.8 Å². The van der Waals surface area contributed by atoms with Crippen LogP contribution in [0.2, 0.25) is 0 Å². The second-order valence-electron chi connectivity index (χ2n) is 19.1. The highest BCUT2D eigenvalue weighted by Gasteiger charge is 2.47. The van der Waals surface area contributed by atoms with Gasteiger partial charge in [-0.15, -0.1) is 0 Å². The molecule has 0 saturated carbocycles. The van der Waals surface area contributed by atoms with E-state index in [2.05, 4.69) is 13.8 Å². The summed E-state index contributed by atoms with van der Waals surface area (Å²) in [5, 5.41) is 72.1. The van der Waals surface area contributed by atoms with Gasteiger partial charge in [-0.25, -0.2) is 0 Å². The van der Waals surface area contributed by atoms with Crippen LogP contribution >= 0.6 is 0 Å². The monoisotopic (exact) mass is 949 g/mol. The minimum Gasteiger partial charge on any atom is -0.462 e. The fourth-order valence-corrected chi connectivity index (χ4v) is 8.69. The third-order valence-electron chi connectivity index (χ3n) is 13.1. The molecular formula is C51H96O15. The van der Waals surface area contributed by atoms with E-state index < -0.39 is 92.7 Å². The lowest BCUT2D eigenvalue weighted by atomic mass is 9.98. The van der Waals surface area contributed by atoms with Crippen LogP contribution in [0.5, 0.6) is 0 Å². The van der Waals surface area contributed by atoms with Gasteiger partial charge in [0.25, 0.3) is 0 Å². The van der Waals surface area contributed by atoms with Gasteiger partial charge in [-0.3, -0.25) is 9.59 Å². The first kappa shape index (κ1) is 60.6. The second kappa shape index (κ2) is 39.2. The number of esters is 2. The molecule has 7 N–H and O–H groups in total. The number of rotatable bonds is 42. The molecule has 0 radical (unpaired) electrons. The van der Waals surface area contributed by atoms with Crippen molar-refractivity contribution in [3.63, 3.8) is 0 Å². The molecular weight excluding hydrogens is 853 g/mol. The SMILES string of the molecule is CCCCCCCCCCCCCCCCCC(=O)OC[C@H](CO[C@@H]1O[C@@H](CO[C@H]2O[C@H](CO)[C@H](O)[C@H](O)[C@H]2O)[C@H](O)[C@H](O)[C@@H]1O)OC(=O)CCCCCCCCCCCCCCCCC. The van der Waals surface area contributed by atoms with Gasteiger partial charge >= 0.3 is 11.9 Å². The maximum absolute atomic E-state index is 13.0. The van der Waals surface area contributed by atoms with E-state index in [1.54, 1.807) is 0 Å². The predicted molar refractivity (Wildman–Crippen MR) is 252 cm³/mol. The summed E-state index contributed by atoms with van der Waals surface area (Å²) in [7, 11) is 0. The van der Waals surface area contributed by atoms with E-state index in [-0.39, 0.29) is 26.1 Å². The van der Waals surface area contributed by atoms with Crippen molar-refractivity contribution in [1.29, 1.82) is 0 Å². The third kappa shape index (κ3) is 27.0. The van der Waals surface area contributed by atoms with Gasteiger partial charge in [0.05, 0.1) is 19.8 Å². The largest absolute Gasteiger partial charge is 0.462 e. The lowest BCUT2D eigenvalue weighted by Gasteiger charge is -2.42. The Morgan fingerprint density at radius 3 is 1.18 bits per heavy atom. The molecule has 0 aromatic heterocycles. The summed E-state index contributed by atoms with van der Waals surface area (Å²) in [6, 6.07) is 0. The molecule has 2 aliphatic rings. The molecule has 0 aromatic carbocycles. The average Bonchev–Trinajstić information content (AvgIpc) is 3.31. The Hall–Kier alpha value is -1.50. The predicted octanol–water partition coefficient (Wildman–Crippen LogP) is 7.61. The van der Waals surface area contributed by atoms with Crippen LogP contribution in [0.15, 0.2) is 0 Å². The highest BCUT2D eigenvalue weighted by Crippen LogP contribution is 2.27. The molecule has 2 heterocycles. The van der Waals surface area contributed by atoms with Crippen LogP contribution in [0.3, 0.4) is 0 Å². The van der Waals surface area contributed by atoms with Crippen LogP contribution in [0.1, 0.15) is 219 Å². The van der Waals surface area contributed by atoms with Gasteiger partial charge in [0, 0.05) is 12.8 Å². The molecule has 2 aliphatic heterocycles. The molecule has 0 bridgehead atoms. The molecule has 0 aromatic rings. The Bertz CT molecular complexity index is 1160. The quantitative estimate of drug-likeness (QED) is 0.0231. The van der Waals surface area contributed by atoms with E-state index in [9.17, 15) is 45.3 Å². The van der Waals surface area contributed by atoms with Gasteiger partial charge in [-0.05, 0) is 12.8 Å². The molecule has 11 atom stereocenters. The van der Waals surface area contributed by atoms with Gasteiger partial charge in [-0.1, -0.05) is 194 Å². The molecule has 2 saturated heterocycles. The zero-order chi connectivity index (χ0) is 48.2. The third-order valence-corrected chi connectivity index (χ3v) is 13.1. The summed E-state index contributed by atoms with van der Waals surface area (Å²) in [4.78, 5) is 25.8. The molecule has 2 fully saturated rings. The number of ether oxygens (including phenoxy) is 6. The number of aliphatic hydroxyl groups excluding tert-OH is 7. The van der Waals surface area contributed by atoms with E-state index in [1.807, 2.05) is 0 Å². The molecule has 0 unspecified atom stereocenters. The maximum Gasteiger partial charge on any atom is 0.306 e. The fraction of sp³-hybridized carbons (Fsp3) is 0.961. The standard InChI is InChI=1S/C51H96O15/c1-3-5-7-9-11-13-15-17-19-21-23-25-27-29-31-33-42(53)61-36-39(64-43(54)34-32-30-28-26-24-22-20-18-16-14-12-10-8-6-4-2)37-62-50-49(60)47(58)45(56)41(66-50)38-63-51-48(59)46(57)44(55)40(35-52)65-51/h39-41,44-52,55-60H,3-38H2,1-2H3/t39-,40-,41+,44+,45+,46+,47+,48-,49+,50-,51+/m1/s1. The summed E-state index contributed by atoms with van der Waals surface area (Å²) in [5.41, 5.74) is 0. The van der Waals surface area contributed by atoms with Crippen LogP contribution < -0.4 is 0 Å². The first-order chi connectivity index (χ1) is 32.0. The number of hydrogen-bond donors (Lipinski definition) is 7. The molecule has 0 spiro atoms. The van der Waals surface area contributed by atoms with Crippen molar-refractivity contribution in [1.82, 2.24) is 0 Å². The van der Waals surface area contributed by atoms with Crippen molar-refractivity contribution in [2.75, 3.05) is 26.4 Å². The van der Waals surface area contributed by atoms with Crippen LogP contribution in [0.4, 0.5) is 0 Å². The summed E-state index contributed by atoms with van der Waals surface area (Å²) in [6.45, 7) is 2.63. The Morgan fingerprint density at radius 2 is 0.773 bits per heavy atom. The first-order valence-electron chi connectivity index (χ1n) is 26.6. The molecule has 66 heavy (non-hydrogen) atoms. The van der Waals surface area contributed by atoms with Crippen LogP contribution in [0.25, 0.3) is 0 Å². The van der Waals surface area contributed by atoms with Gasteiger partial charge < -0.3 is 64.2 Å². The number of unbranched alkanes of at least 4 members (excludes halogenated alkanes) is 28. The summed E-state index contributed by atoms with van der Waals surface area (Å²) in [6.07, 6.45) is 19.8. The van der Waals surface area contributed by atoms with Crippen LogP contribution in [-0.2, 0) is 38.0 Å². The Morgan fingerprint density at radius 1 is 0.424 bits per heavy atom. The highest BCUT2D eigenvalue weighted by atomic mass is 16.7. The lowest BCUT2D eigenvalue weighted by Crippen LogP contribution is -2.61. The average molecular weight is 949 g/mol. The zero-order valence-corrected chi connectivity index (χ0v) is 41.2. The number of carbonyl (C=O) groups is 2. The van der Waals surface area contributed by atoms with E-state index in [0.717, 1.165) is 38.5 Å². The Labute approximate surface area is 398 Å². The number of hydrogen-bond acceptors (Lipinski definition) is 15. The highest BCUT2D eigenvalue weighted by molar-refractivity contribution is 5.70. The minimum atomic E-state index is -1.76. The zero-order valence-electron chi connectivity index (χ0n) is 41.2. The van der Waals surface area contributed by atoms with Crippen LogP contribution in [-0.4, -0.2) is 142 Å². The molecule has 0 amide bonds. The van der Waals surface area contributed by atoms with Crippen molar-refractivity contribution >= 4 is 11.9 Å². The maximum atomic E-state index is 13.0. The Kier molecular flexibility index (Phi) is 36.0. The normalized spacial score (nSPS) is 26.1. The van der Waals surface area contributed by atoms with E-state index in [1.165, 1.54) is 141 Å². The number of aliphatic hydroxyl groups is 7. The van der Waals surface area contributed by atoms with Crippen molar-refractivity contribution in [2.24, 2.45) is 0 Å². The van der Waals surface area contributed by atoms with Crippen LogP contribution in [0, 0.1) is 0 Å². The fourth-order valence-electron chi connectivity index (χ4n) is 8.69. The van der Waals surface area contributed by atoms with Gasteiger partial charge in [0.15, 0.2) is 18.7 Å². The molecule has 2 rings (SSSR count). The summed E-state index contributed by atoms with van der Waals surface area (Å²) in [5.74, 6) is -0.908. The first-order valence-corrected chi connectivity index (χ1v) is 26.6. The molecule has 390 valence electrons.